The molecule has 4 heterocycles. The molecule has 6 atom stereocenters. The fourth-order valence-corrected chi connectivity index (χ4v) is 7.53. The van der Waals surface area contributed by atoms with E-state index in [0.29, 0.717) is 5.69 Å². The van der Waals surface area contributed by atoms with E-state index in [-0.39, 0.29) is 35.9 Å². The summed E-state index contributed by atoms with van der Waals surface area (Å²) in [4.78, 5) is 15.0. The Balaban J connectivity index is 1.51. The number of anilines is 1. The molecule has 0 aliphatic carbocycles. The molecule has 33 heavy (non-hydrogen) atoms. The lowest BCUT2D eigenvalue weighted by molar-refractivity contribution is -0.143. The fraction of sp³-hybridized carbons (Fsp3) is 0.600. The van der Waals surface area contributed by atoms with Crippen molar-refractivity contribution in [3.63, 3.8) is 0 Å². The lowest BCUT2D eigenvalue weighted by atomic mass is 9.64. The molecule has 1 N–H and O–H groups in total. The topological polar surface area (TPSA) is 109 Å². The summed E-state index contributed by atoms with van der Waals surface area (Å²) >= 11 is 6.16. The van der Waals surface area contributed by atoms with Gasteiger partial charge in [0.05, 0.1) is 40.4 Å². The Morgan fingerprint density at radius 1 is 1.39 bits per heavy atom. The number of fused-ring (bicyclic) bond motifs is 2. The molecule has 4 aliphatic rings. The molecule has 4 fully saturated rings. The monoisotopic (exact) mass is 505 g/mol. The molecule has 5 rings (SSSR count). The number of hydrogen-bond acceptors (Lipinski definition) is 6. The standard InChI is InChI=1S/C20H19ClF3N3O5S/c1-18-7-13(26-33(29,30)9-20(22,23)24)19(32-18)4-5-31-17-15(19)14(18)16(28)27(17)11-3-2-10(8-25)12(21)6-11/h2-3,6,13-15,17,26H,4-5,7,9H2,1H3/t13-,14+,15-,17-,18-,19-/m0/s1. The van der Waals surface area contributed by atoms with Crippen LogP contribution in [0.15, 0.2) is 18.2 Å². The number of ether oxygens (including phenoxy) is 2. The zero-order valence-electron chi connectivity index (χ0n) is 17.2. The first-order chi connectivity index (χ1) is 15.3. The van der Waals surface area contributed by atoms with Crippen LogP contribution in [-0.4, -0.2) is 56.3 Å². The second-order valence-corrected chi connectivity index (χ2v) is 11.3. The van der Waals surface area contributed by atoms with Gasteiger partial charge in [-0.2, -0.15) is 18.4 Å². The van der Waals surface area contributed by atoms with Crippen molar-refractivity contribution in [3.8, 4) is 6.07 Å². The van der Waals surface area contributed by atoms with E-state index in [4.69, 9.17) is 26.3 Å². The van der Waals surface area contributed by atoms with Crippen molar-refractivity contribution in [3.05, 3.63) is 28.8 Å². The molecule has 178 valence electrons. The van der Waals surface area contributed by atoms with Crippen molar-refractivity contribution in [2.45, 2.75) is 49.4 Å². The third-order valence-corrected chi connectivity index (χ3v) is 8.74. The first kappa shape index (κ1) is 22.9. The quantitative estimate of drug-likeness (QED) is 0.672. The SMILES string of the molecule is C[C@]12C[C@H](NS(=O)(=O)CC(F)(F)F)[C@]3(CCO[C@H]4[C@@H]3[C@@H]1C(=O)N4c1ccc(C#N)c(Cl)c1)O2. The molecule has 0 aromatic heterocycles. The largest absolute Gasteiger partial charge is 0.404 e. The van der Waals surface area contributed by atoms with Crippen LogP contribution in [0, 0.1) is 23.2 Å². The summed E-state index contributed by atoms with van der Waals surface area (Å²) in [5, 5.41) is 9.28. The second-order valence-electron chi connectivity index (χ2n) is 9.12. The summed E-state index contributed by atoms with van der Waals surface area (Å²) in [7, 11) is -4.68. The number of carbonyl (C=O) groups is 1. The molecule has 4 saturated heterocycles. The highest BCUT2D eigenvalue weighted by molar-refractivity contribution is 7.89. The van der Waals surface area contributed by atoms with Gasteiger partial charge in [0.25, 0.3) is 0 Å². The molecule has 8 nitrogen and oxygen atoms in total. The lowest BCUT2D eigenvalue weighted by Gasteiger charge is -2.45. The first-order valence-corrected chi connectivity index (χ1v) is 12.2. The molecule has 0 radical (unpaired) electrons. The number of nitrogens with one attached hydrogen (secondary N) is 1. The van der Waals surface area contributed by atoms with Gasteiger partial charge < -0.3 is 9.47 Å². The van der Waals surface area contributed by atoms with Gasteiger partial charge in [-0.1, -0.05) is 11.6 Å². The normalized spacial score (nSPS) is 37.3. The minimum Gasteiger partial charge on any atom is -0.366 e. The van der Waals surface area contributed by atoms with Crippen molar-refractivity contribution in [1.29, 1.82) is 5.26 Å². The highest BCUT2D eigenvalue weighted by Crippen LogP contribution is 2.65. The van der Waals surface area contributed by atoms with Crippen LogP contribution in [-0.2, 0) is 24.3 Å². The highest BCUT2D eigenvalue weighted by Gasteiger charge is 2.78. The Labute approximate surface area is 192 Å². The molecule has 1 spiro atoms. The third kappa shape index (κ3) is 3.36. The number of nitriles is 1. The Hall–Kier alpha value is -1.91. The highest BCUT2D eigenvalue weighted by atomic mass is 35.5. The summed E-state index contributed by atoms with van der Waals surface area (Å²) in [6.07, 6.45) is -5.40. The minimum absolute atomic E-state index is 0.0612. The Kier molecular flexibility index (Phi) is 4.89. The Morgan fingerprint density at radius 3 is 2.76 bits per heavy atom. The van der Waals surface area contributed by atoms with Gasteiger partial charge >= 0.3 is 6.18 Å². The van der Waals surface area contributed by atoms with Crippen LogP contribution in [0.5, 0.6) is 0 Å². The number of alkyl halides is 3. The summed E-state index contributed by atoms with van der Waals surface area (Å²) in [5.74, 6) is -3.55. The van der Waals surface area contributed by atoms with Crippen LogP contribution in [0.1, 0.15) is 25.3 Å². The van der Waals surface area contributed by atoms with Crippen LogP contribution < -0.4 is 9.62 Å². The van der Waals surface area contributed by atoms with Crippen molar-refractivity contribution in [1.82, 2.24) is 4.72 Å². The molecule has 1 aromatic carbocycles. The molecular formula is C20H19ClF3N3O5S. The number of carbonyl (C=O) groups excluding carboxylic acids is 1. The maximum atomic E-state index is 13.5. The fourth-order valence-electron chi connectivity index (χ4n) is 6.08. The number of hydrogen-bond donors (Lipinski definition) is 1. The van der Waals surface area contributed by atoms with Crippen LogP contribution in [0.25, 0.3) is 0 Å². The van der Waals surface area contributed by atoms with Crippen molar-refractivity contribution in [2.24, 2.45) is 11.8 Å². The van der Waals surface area contributed by atoms with E-state index in [1.165, 1.54) is 17.0 Å². The van der Waals surface area contributed by atoms with Gasteiger partial charge in [-0.25, -0.2) is 13.1 Å². The van der Waals surface area contributed by atoms with Crippen LogP contribution in [0.3, 0.4) is 0 Å². The van der Waals surface area contributed by atoms with E-state index < -0.39 is 57.3 Å². The van der Waals surface area contributed by atoms with Gasteiger partial charge in [0.2, 0.25) is 15.9 Å². The van der Waals surface area contributed by atoms with E-state index in [9.17, 15) is 26.4 Å². The summed E-state index contributed by atoms with van der Waals surface area (Å²) in [5.41, 5.74) is -1.60. The third-order valence-electron chi connectivity index (χ3n) is 7.08. The molecule has 1 aromatic rings. The van der Waals surface area contributed by atoms with Gasteiger partial charge in [0.1, 0.15) is 12.3 Å². The number of nitrogens with zero attached hydrogens (tertiary/aromatic N) is 2. The van der Waals surface area contributed by atoms with Crippen molar-refractivity contribution < 1.29 is 35.9 Å². The summed E-state index contributed by atoms with van der Waals surface area (Å²) in [6.45, 7) is 1.80. The molecule has 13 heteroatoms. The summed E-state index contributed by atoms with van der Waals surface area (Å²) < 4.78 is 77.2. The van der Waals surface area contributed by atoms with Crippen LogP contribution >= 0.6 is 11.6 Å². The predicted octanol–water partition coefficient (Wildman–Crippen LogP) is 2.32. The molecule has 2 bridgehead atoms. The van der Waals surface area contributed by atoms with Gasteiger partial charge in [-0.15, -0.1) is 0 Å². The smallest absolute Gasteiger partial charge is 0.366 e. The maximum absolute atomic E-state index is 13.5. The maximum Gasteiger partial charge on any atom is 0.404 e. The molecular weight excluding hydrogens is 487 g/mol. The Morgan fingerprint density at radius 2 is 2.12 bits per heavy atom. The first-order valence-electron chi connectivity index (χ1n) is 10.2. The van der Waals surface area contributed by atoms with E-state index in [1.54, 1.807) is 13.0 Å². The number of rotatable bonds is 4. The number of benzene rings is 1. The van der Waals surface area contributed by atoms with Gasteiger partial charge in [-0.05, 0) is 31.5 Å². The number of sulfonamides is 1. The van der Waals surface area contributed by atoms with Crippen molar-refractivity contribution in [2.75, 3.05) is 17.3 Å². The predicted molar refractivity (Wildman–Crippen MR) is 109 cm³/mol. The van der Waals surface area contributed by atoms with E-state index in [0.717, 1.165) is 0 Å². The van der Waals surface area contributed by atoms with Crippen LogP contribution in [0.4, 0.5) is 18.9 Å². The van der Waals surface area contributed by atoms with Crippen LogP contribution in [0.2, 0.25) is 5.02 Å². The molecule has 0 unspecified atom stereocenters. The molecule has 0 saturated carbocycles. The van der Waals surface area contributed by atoms with Gasteiger partial charge in [0, 0.05) is 18.0 Å². The average molecular weight is 506 g/mol. The second kappa shape index (κ2) is 7.05. The minimum atomic E-state index is -4.89. The van der Waals surface area contributed by atoms with Gasteiger partial charge in [0.15, 0.2) is 5.75 Å². The lowest BCUT2D eigenvalue weighted by Crippen LogP contribution is -2.62. The van der Waals surface area contributed by atoms with Crippen molar-refractivity contribution >= 4 is 33.2 Å². The van der Waals surface area contributed by atoms with E-state index in [2.05, 4.69) is 4.72 Å². The van der Waals surface area contributed by atoms with E-state index in [1.807, 2.05) is 6.07 Å². The zero-order valence-corrected chi connectivity index (χ0v) is 18.8. The zero-order chi connectivity index (χ0) is 24.0. The average Bonchev–Trinajstić information content (AvgIpc) is 3.23. The molecule has 4 aliphatic heterocycles. The summed E-state index contributed by atoms with van der Waals surface area (Å²) in [6, 6.07) is 5.56. The Bertz CT molecular complexity index is 1190. The number of halogens is 4. The number of amides is 1. The molecule has 1 amide bonds. The van der Waals surface area contributed by atoms with E-state index >= 15 is 0 Å². The van der Waals surface area contributed by atoms with Gasteiger partial charge in [-0.3, -0.25) is 9.69 Å².